The number of benzene rings is 1. The number of anilines is 1. The molecule has 0 unspecified atom stereocenters. The number of carbonyl (C=O) groups is 2. The maximum absolute atomic E-state index is 12.6. The SMILES string of the molecule is C[C@@](O)(C(=O)Nc1ccc(S(=O)(=O)CC(=O)O)cc1Cl)C(F)(F)F. The van der Waals surface area contributed by atoms with Crippen molar-refractivity contribution in [2.75, 3.05) is 11.1 Å². The lowest BCUT2D eigenvalue weighted by atomic mass is 10.1. The molecule has 3 N–H and O–H groups in total. The van der Waals surface area contributed by atoms with Crippen LogP contribution in [0.25, 0.3) is 0 Å². The van der Waals surface area contributed by atoms with Crippen LogP contribution in [0.15, 0.2) is 23.1 Å². The first-order chi connectivity index (χ1) is 10.7. The van der Waals surface area contributed by atoms with Crippen molar-refractivity contribution in [3.8, 4) is 0 Å². The van der Waals surface area contributed by atoms with Crippen LogP contribution in [0.3, 0.4) is 0 Å². The zero-order chi connectivity index (χ0) is 18.9. The van der Waals surface area contributed by atoms with Crippen LogP contribution >= 0.6 is 11.6 Å². The number of halogens is 4. The van der Waals surface area contributed by atoms with Crippen molar-refractivity contribution in [3.63, 3.8) is 0 Å². The van der Waals surface area contributed by atoms with Gasteiger partial charge in [-0.05, 0) is 25.1 Å². The Kier molecular flexibility index (Phi) is 5.53. The molecule has 1 amide bonds. The third-order valence-corrected chi connectivity index (χ3v) is 4.77. The number of carboxylic acids is 1. The summed E-state index contributed by atoms with van der Waals surface area (Å²) in [5.74, 6) is -4.64. The van der Waals surface area contributed by atoms with E-state index in [4.69, 9.17) is 16.7 Å². The number of aliphatic hydroxyl groups is 1. The Morgan fingerprint density at radius 2 is 1.83 bits per heavy atom. The number of amides is 1. The van der Waals surface area contributed by atoms with Crippen molar-refractivity contribution in [1.29, 1.82) is 0 Å². The van der Waals surface area contributed by atoms with Gasteiger partial charge in [-0.25, -0.2) is 8.42 Å². The van der Waals surface area contributed by atoms with E-state index in [1.54, 1.807) is 5.32 Å². The largest absolute Gasteiger partial charge is 0.480 e. The van der Waals surface area contributed by atoms with E-state index in [0.717, 1.165) is 18.2 Å². The summed E-state index contributed by atoms with van der Waals surface area (Å²) in [6.45, 7) is 0.238. The maximum atomic E-state index is 12.6. The molecular formula is C12H11ClF3NO6S. The molecule has 0 aliphatic rings. The first kappa shape index (κ1) is 20.2. The number of carboxylic acid groups (broad SMARTS) is 1. The maximum Gasteiger partial charge on any atom is 0.426 e. The van der Waals surface area contributed by atoms with Crippen LogP contribution in [0.4, 0.5) is 18.9 Å². The van der Waals surface area contributed by atoms with Crippen LogP contribution in [0.1, 0.15) is 6.92 Å². The second-order valence-electron chi connectivity index (χ2n) is 4.82. The average Bonchev–Trinajstić information content (AvgIpc) is 2.37. The molecule has 0 bridgehead atoms. The molecule has 0 aliphatic carbocycles. The third kappa shape index (κ3) is 4.36. The highest BCUT2D eigenvalue weighted by atomic mass is 35.5. The van der Waals surface area contributed by atoms with E-state index in [1.807, 2.05) is 0 Å². The standard InChI is InChI=1S/C12H11ClF3NO6S/c1-11(21,12(14,15)16)10(20)17-8-3-2-6(4-7(8)13)24(22,23)5-9(18)19/h2-4,21H,5H2,1H3,(H,17,20)(H,18,19)/t11-/m1/s1. The van der Waals surface area contributed by atoms with Crippen molar-refractivity contribution in [2.45, 2.75) is 23.6 Å². The van der Waals surface area contributed by atoms with Crippen LogP contribution in [0.5, 0.6) is 0 Å². The molecule has 0 fully saturated rings. The predicted molar refractivity (Wildman–Crippen MR) is 76.4 cm³/mol. The molecule has 0 aromatic heterocycles. The molecule has 0 saturated carbocycles. The molecule has 1 atom stereocenters. The molecule has 12 heteroatoms. The van der Waals surface area contributed by atoms with Gasteiger partial charge in [0.25, 0.3) is 5.91 Å². The fraction of sp³-hybridized carbons (Fsp3) is 0.333. The monoisotopic (exact) mass is 389 g/mol. The second-order valence-corrected chi connectivity index (χ2v) is 7.22. The Balaban J connectivity index is 3.10. The summed E-state index contributed by atoms with van der Waals surface area (Å²) in [7, 11) is -4.20. The molecular weight excluding hydrogens is 379 g/mol. The third-order valence-electron chi connectivity index (χ3n) is 2.86. The molecule has 0 aliphatic heterocycles. The summed E-state index contributed by atoms with van der Waals surface area (Å²) in [4.78, 5) is 21.5. The fourth-order valence-corrected chi connectivity index (χ4v) is 2.77. The van der Waals surface area contributed by atoms with Crippen LogP contribution < -0.4 is 5.32 Å². The zero-order valence-corrected chi connectivity index (χ0v) is 13.5. The van der Waals surface area contributed by atoms with Crippen molar-refractivity contribution in [2.24, 2.45) is 0 Å². The van der Waals surface area contributed by atoms with Gasteiger partial charge in [-0.2, -0.15) is 13.2 Å². The van der Waals surface area contributed by atoms with E-state index in [1.165, 1.54) is 0 Å². The lowest BCUT2D eigenvalue weighted by Gasteiger charge is -2.25. The summed E-state index contributed by atoms with van der Waals surface area (Å²) in [6, 6.07) is 2.52. The topological polar surface area (TPSA) is 121 Å². The van der Waals surface area contributed by atoms with Gasteiger partial charge in [-0.1, -0.05) is 11.6 Å². The van der Waals surface area contributed by atoms with Crippen molar-refractivity contribution in [1.82, 2.24) is 0 Å². The average molecular weight is 390 g/mol. The van der Waals surface area contributed by atoms with E-state index in [9.17, 15) is 36.3 Å². The highest BCUT2D eigenvalue weighted by Gasteiger charge is 2.55. The van der Waals surface area contributed by atoms with Crippen molar-refractivity contribution >= 4 is 39.0 Å². The predicted octanol–water partition coefficient (Wildman–Crippen LogP) is 1.45. The Labute approximate surface area is 139 Å². The van der Waals surface area contributed by atoms with Crippen molar-refractivity contribution < 1.29 is 41.4 Å². The van der Waals surface area contributed by atoms with E-state index in [-0.39, 0.29) is 12.6 Å². The minimum Gasteiger partial charge on any atom is -0.480 e. The number of nitrogens with one attached hydrogen (secondary N) is 1. The normalized spacial score (nSPS) is 14.8. The molecule has 134 valence electrons. The Hall–Kier alpha value is -1.85. The Morgan fingerprint density at radius 1 is 1.29 bits per heavy atom. The molecule has 1 aromatic carbocycles. The molecule has 1 rings (SSSR count). The van der Waals surface area contributed by atoms with Gasteiger partial charge in [0, 0.05) is 0 Å². The lowest BCUT2D eigenvalue weighted by molar-refractivity contribution is -0.242. The van der Waals surface area contributed by atoms with Gasteiger partial charge in [-0.3, -0.25) is 9.59 Å². The number of sulfone groups is 1. The summed E-state index contributed by atoms with van der Waals surface area (Å²) < 4.78 is 61.1. The van der Waals surface area contributed by atoms with Crippen LogP contribution in [-0.2, 0) is 19.4 Å². The van der Waals surface area contributed by atoms with Gasteiger partial charge >= 0.3 is 12.1 Å². The van der Waals surface area contributed by atoms with E-state index < -0.39 is 49.2 Å². The first-order valence-electron chi connectivity index (χ1n) is 6.03. The van der Waals surface area contributed by atoms with E-state index in [0.29, 0.717) is 0 Å². The van der Waals surface area contributed by atoms with Crippen LogP contribution in [0.2, 0.25) is 5.02 Å². The second kappa shape index (κ2) is 6.57. The zero-order valence-electron chi connectivity index (χ0n) is 11.9. The molecule has 7 nitrogen and oxygen atoms in total. The molecule has 0 spiro atoms. The molecule has 0 heterocycles. The minimum absolute atomic E-state index is 0.238. The lowest BCUT2D eigenvalue weighted by Crippen LogP contribution is -2.52. The molecule has 0 saturated heterocycles. The summed E-state index contributed by atoms with van der Waals surface area (Å²) in [6.07, 6.45) is -5.24. The summed E-state index contributed by atoms with van der Waals surface area (Å²) in [5.41, 5.74) is -4.08. The molecule has 1 aromatic rings. The molecule has 0 radical (unpaired) electrons. The molecule has 24 heavy (non-hydrogen) atoms. The highest BCUT2D eigenvalue weighted by molar-refractivity contribution is 7.92. The number of rotatable bonds is 5. The number of carbonyl (C=O) groups excluding carboxylic acids is 1. The van der Waals surface area contributed by atoms with E-state index >= 15 is 0 Å². The number of alkyl halides is 3. The highest BCUT2D eigenvalue weighted by Crippen LogP contribution is 2.32. The number of aliphatic carboxylic acids is 1. The minimum atomic E-state index is -5.24. The summed E-state index contributed by atoms with van der Waals surface area (Å²) in [5, 5.41) is 19.0. The van der Waals surface area contributed by atoms with E-state index in [2.05, 4.69) is 0 Å². The quantitative estimate of drug-likeness (QED) is 0.701. The van der Waals surface area contributed by atoms with Gasteiger partial charge in [0.05, 0.1) is 15.6 Å². The first-order valence-corrected chi connectivity index (χ1v) is 8.06. The summed E-state index contributed by atoms with van der Waals surface area (Å²) >= 11 is 5.69. The van der Waals surface area contributed by atoms with Gasteiger partial charge in [0.1, 0.15) is 0 Å². The van der Waals surface area contributed by atoms with Crippen molar-refractivity contribution in [3.05, 3.63) is 23.2 Å². The van der Waals surface area contributed by atoms with Gasteiger partial charge in [0.2, 0.25) is 5.60 Å². The van der Waals surface area contributed by atoms with Crippen LogP contribution in [-0.4, -0.2) is 48.0 Å². The number of hydrogen-bond acceptors (Lipinski definition) is 5. The number of hydrogen-bond donors (Lipinski definition) is 3. The fourth-order valence-electron chi connectivity index (χ4n) is 1.41. The van der Waals surface area contributed by atoms with Gasteiger partial charge in [-0.15, -0.1) is 0 Å². The van der Waals surface area contributed by atoms with Gasteiger partial charge < -0.3 is 15.5 Å². The smallest absolute Gasteiger partial charge is 0.426 e. The van der Waals surface area contributed by atoms with Gasteiger partial charge in [0.15, 0.2) is 15.6 Å². The Morgan fingerprint density at radius 3 is 2.25 bits per heavy atom. The van der Waals surface area contributed by atoms with Crippen LogP contribution in [0, 0.1) is 0 Å². The Bertz CT molecular complexity index is 775.